The zero-order valence-electron chi connectivity index (χ0n) is 26.3. The number of fused-ring (bicyclic) bond motifs is 3. The minimum Gasteiger partial charge on any atom is -0.456 e. The van der Waals surface area contributed by atoms with Crippen molar-refractivity contribution in [1.29, 1.82) is 0 Å². The van der Waals surface area contributed by atoms with E-state index in [1.54, 1.807) is 31.3 Å². The quantitative estimate of drug-likeness (QED) is 0.100. The number of anilines is 1. The van der Waals surface area contributed by atoms with Crippen molar-refractivity contribution < 1.29 is 33.3 Å². The van der Waals surface area contributed by atoms with Gasteiger partial charge in [-0.3, -0.25) is 9.59 Å². The summed E-state index contributed by atoms with van der Waals surface area (Å²) in [5.74, 6) is 0.260. The molecule has 0 spiro atoms. The lowest BCUT2D eigenvalue weighted by Gasteiger charge is -2.27. The van der Waals surface area contributed by atoms with E-state index in [1.807, 2.05) is 49.6 Å². The van der Waals surface area contributed by atoms with Crippen molar-refractivity contribution >= 4 is 45.4 Å². The number of esters is 1. The molecule has 2 heterocycles. The van der Waals surface area contributed by atoms with Gasteiger partial charge in [-0.15, -0.1) is 0 Å². The molecule has 0 atom stereocenters. The van der Waals surface area contributed by atoms with Crippen LogP contribution in [0.5, 0.6) is 0 Å². The summed E-state index contributed by atoms with van der Waals surface area (Å²) in [6.45, 7) is 7.29. The number of nitrogens with one attached hydrogen (secondary N) is 1. The summed E-state index contributed by atoms with van der Waals surface area (Å²) >= 11 is 0. The largest absolute Gasteiger partial charge is 0.456 e. The van der Waals surface area contributed by atoms with Crippen LogP contribution in [0.3, 0.4) is 0 Å². The molecule has 0 bridgehead atoms. The number of amides is 1. The lowest BCUT2D eigenvalue weighted by atomic mass is 10.0. The number of pyridine rings is 1. The summed E-state index contributed by atoms with van der Waals surface area (Å²) in [5, 5.41) is 3.44. The maximum Gasteiger partial charge on any atom is 0.332 e. The van der Waals surface area contributed by atoms with Crippen molar-refractivity contribution in [3.05, 3.63) is 65.5 Å². The third-order valence-electron chi connectivity index (χ3n) is 7.03. The van der Waals surface area contributed by atoms with Gasteiger partial charge in [0.15, 0.2) is 11.6 Å². The first-order chi connectivity index (χ1) is 21.6. The van der Waals surface area contributed by atoms with Crippen molar-refractivity contribution in [2.75, 3.05) is 45.8 Å². The zero-order valence-corrected chi connectivity index (χ0v) is 26.3. The molecule has 240 valence electrons. The van der Waals surface area contributed by atoms with Crippen LogP contribution in [0.25, 0.3) is 21.9 Å². The molecule has 0 saturated heterocycles. The SMILES string of the molecule is CCOCc1nc2c(N)nc3ccccc3c2n1CC(C)(C)OC(=O)COCCOCCCC(=O)c1ccc(C(=O)NC)cc1. The third-order valence-corrected chi connectivity index (χ3v) is 7.03. The van der Waals surface area contributed by atoms with Gasteiger partial charge in [0.1, 0.15) is 30.2 Å². The predicted molar refractivity (Wildman–Crippen MR) is 170 cm³/mol. The van der Waals surface area contributed by atoms with Crippen LogP contribution in [0.2, 0.25) is 0 Å². The Labute approximate surface area is 262 Å². The maximum absolute atomic E-state index is 12.7. The van der Waals surface area contributed by atoms with Crippen LogP contribution in [0.15, 0.2) is 48.5 Å². The van der Waals surface area contributed by atoms with E-state index >= 15 is 0 Å². The van der Waals surface area contributed by atoms with Crippen LogP contribution >= 0.6 is 0 Å². The van der Waals surface area contributed by atoms with Crippen molar-refractivity contribution in [1.82, 2.24) is 19.9 Å². The fourth-order valence-corrected chi connectivity index (χ4v) is 4.94. The van der Waals surface area contributed by atoms with Crippen LogP contribution < -0.4 is 11.1 Å². The van der Waals surface area contributed by atoms with E-state index < -0.39 is 11.6 Å². The van der Waals surface area contributed by atoms with Gasteiger partial charge in [0.25, 0.3) is 5.91 Å². The molecule has 0 saturated carbocycles. The summed E-state index contributed by atoms with van der Waals surface area (Å²) in [5.41, 5.74) is 8.56. The van der Waals surface area contributed by atoms with Crippen LogP contribution in [0.1, 0.15) is 60.2 Å². The minimum absolute atomic E-state index is 0.0225. The van der Waals surface area contributed by atoms with E-state index in [2.05, 4.69) is 10.3 Å². The summed E-state index contributed by atoms with van der Waals surface area (Å²) < 4.78 is 24.5. The standard InChI is InChI=1S/C33H41N5O7/c1-5-42-19-27-37-29-30(24-9-6-7-10-25(24)36-31(29)34)38(27)21-33(2,3)45-28(40)20-44-18-17-43-16-8-11-26(39)22-12-14-23(15-13-22)32(41)35-4/h6-7,9-10,12-15H,5,8,11,16-21H2,1-4H3,(H2,34,36)(H,35,41). The van der Waals surface area contributed by atoms with Crippen molar-refractivity contribution in [3.8, 4) is 0 Å². The highest BCUT2D eigenvalue weighted by molar-refractivity contribution is 6.06. The first-order valence-corrected chi connectivity index (χ1v) is 15.0. The molecule has 0 fully saturated rings. The second-order valence-electron chi connectivity index (χ2n) is 11.0. The summed E-state index contributed by atoms with van der Waals surface area (Å²) in [4.78, 5) is 45.9. The topological polar surface area (TPSA) is 157 Å². The van der Waals surface area contributed by atoms with Crippen LogP contribution in [0, 0.1) is 0 Å². The van der Waals surface area contributed by atoms with Gasteiger partial charge in [-0.25, -0.2) is 14.8 Å². The van der Waals surface area contributed by atoms with Crippen LogP contribution in [-0.4, -0.2) is 77.9 Å². The summed E-state index contributed by atoms with van der Waals surface area (Å²) in [7, 11) is 1.56. The average molecular weight is 620 g/mol. The molecule has 12 heteroatoms. The van der Waals surface area contributed by atoms with E-state index in [1.165, 1.54) is 0 Å². The van der Waals surface area contributed by atoms with E-state index in [4.69, 9.17) is 29.7 Å². The van der Waals surface area contributed by atoms with Gasteiger partial charge in [0, 0.05) is 43.2 Å². The van der Waals surface area contributed by atoms with Gasteiger partial charge >= 0.3 is 5.97 Å². The highest BCUT2D eigenvalue weighted by Crippen LogP contribution is 2.30. The zero-order chi connectivity index (χ0) is 32.4. The molecule has 3 N–H and O–H groups in total. The van der Waals surface area contributed by atoms with E-state index in [9.17, 15) is 14.4 Å². The van der Waals surface area contributed by atoms with Crippen LogP contribution in [-0.2, 0) is 36.9 Å². The Kier molecular flexibility index (Phi) is 11.6. The van der Waals surface area contributed by atoms with Gasteiger partial charge < -0.3 is 34.6 Å². The van der Waals surface area contributed by atoms with E-state index in [-0.39, 0.29) is 38.1 Å². The molecule has 2 aromatic heterocycles. The lowest BCUT2D eigenvalue weighted by Crippen LogP contribution is -2.35. The lowest BCUT2D eigenvalue weighted by molar-refractivity contribution is -0.163. The number of aromatic nitrogens is 3. The number of Topliss-reactive ketones (excluding diaryl/α,β-unsaturated/α-hetero) is 1. The third kappa shape index (κ3) is 8.84. The Bertz CT molecular complexity index is 1630. The smallest absolute Gasteiger partial charge is 0.332 e. The molecule has 0 radical (unpaired) electrons. The summed E-state index contributed by atoms with van der Waals surface area (Å²) in [6.07, 6.45) is 0.858. The Morgan fingerprint density at radius 3 is 2.38 bits per heavy atom. The second kappa shape index (κ2) is 15.6. The maximum atomic E-state index is 12.7. The van der Waals surface area contributed by atoms with Crippen molar-refractivity contribution in [2.24, 2.45) is 0 Å². The normalized spacial score (nSPS) is 11.6. The average Bonchev–Trinajstić information content (AvgIpc) is 3.38. The van der Waals surface area contributed by atoms with E-state index in [0.717, 1.165) is 16.4 Å². The molecule has 4 aromatic rings. The number of imidazole rings is 1. The number of carbonyl (C=O) groups excluding carboxylic acids is 3. The number of para-hydroxylation sites is 1. The number of nitrogen functional groups attached to an aromatic ring is 1. The Morgan fingerprint density at radius 2 is 1.64 bits per heavy atom. The molecule has 0 unspecified atom stereocenters. The first kappa shape index (κ1) is 33.5. The molecular weight excluding hydrogens is 578 g/mol. The number of benzene rings is 2. The molecule has 0 aliphatic carbocycles. The van der Waals surface area contributed by atoms with Gasteiger partial charge in [0.05, 0.1) is 30.8 Å². The molecular formula is C33H41N5O7. The summed E-state index contributed by atoms with van der Waals surface area (Å²) in [6, 6.07) is 14.2. The van der Waals surface area contributed by atoms with Gasteiger partial charge in [-0.2, -0.15) is 0 Å². The molecule has 1 amide bonds. The first-order valence-electron chi connectivity index (χ1n) is 15.0. The number of hydrogen-bond donors (Lipinski definition) is 2. The van der Waals surface area contributed by atoms with Gasteiger partial charge in [-0.1, -0.05) is 30.3 Å². The number of ketones is 1. The Morgan fingerprint density at radius 1 is 0.933 bits per heavy atom. The number of carbonyl (C=O) groups is 3. The fraction of sp³-hybridized carbons (Fsp3) is 0.424. The van der Waals surface area contributed by atoms with Crippen molar-refractivity contribution in [2.45, 2.75) is 52.4 Å². The monoisotopic (exact) mass is 619 g/mol. The highest BCUT2D eigenvalue weighted by Gasteiger charge is 2.28. The Hall–Kier alpha value is -4.39. The number of rotatable bonds is 17. The molecule has 4 rings (SSSR count). The molecule has 12 nitrogen and oxygen atoms in total. The fourth-order valence-electron chi connectivity index (χ4n) is 4.94. The molecule has 0 aliphatic heterocycles. The Balaban J connectivity index is 1.22. The number of ether oxygens (including phenoxy) is 4. The van der Waals surface area contributed by atoms with Gasteiger partial charge in [-0.05, 0) is 45.4 Å². The number of hydrogen-bond acceptors (Lipinski definition) is 10. The van der Waals surface area contributed by atoms with Crippen molar-refractivity contribution in [3.63, 3.8) is 0 Å². The molecule has 45 heavy (non-hydrogen) atoms. The highest BCUT2D eigenvalue weighted by atomic mass is 16.6. The van der Waals surface area contributed by atoms with Gasteiger partial charge in [0.2, 0.25) is 0 Å². The predicted octanol–water partition coefficient (Wildman–Crippen LogP) is 4.08. The molecule has 0 aliphatic rings. The minimum atomic E-state index is -0.903. The van der Waals surface area contributed by atoms with E-state index in [0.29, 0.717) is 60.9 Å². The molecule has 2 aromatic carbocycles. The second-order valence-corrected chi connectivity index (χ2v) is 11.0. The number of nitrogens with zero attached hydrogens (tertiary/aromatic N) is 3. The van der Waals surface area contributed by atoms with Crippen LogP contribution in [0.4, 0.5) is 5.82 Å². The number of nitrogens with two attached hydrogens (primary N) is 1.